The number of carbonyl (C=O) groups is 2. The van der Waals surface area contributed by atoms with Gasteiger partial charge in [-0.1, -0.05) is 65.7 Å². The molecule has 7 rings (SSSR count). The van der Waals surface area contributed by atoms with E-state index >= 15 is 0 Å². The molecule has 268 valence electrons. The first kappa shape index (κ1) is 35.6. The van der Waals surface area contributed by atoms with Crippen molar-refractivity contribution in [3.63, 3.8) is 0 Å². The lowest BCUT2D eigenvalue weighted by molar-refractivity contribution is -0.120. The zero-order chi connectivity index (χ0) is 36.4. The normalized spacial score (nSPS) is 17.1. The van der Waals surface area contributed by atoms with Gasteiger partial charge in [-0.25, -0.2) is 9.97 Å². The number of carbonyl (C=O) groups excluding carboxylic acids is 2. The summed E-state index contributed by atoms with van der Waals surface area (Å²) in [6.45, 7) is 4.16. The van der Waals surface area contributed by atoms with Crippen molar-refractivity contribution < 1.29 is 14.3 Å². The fraction of sp³-hybridized carbons (Fsp3) is 0.308. The van der Waals surface area contributed by atoms with Crippen LogP contribution >= 0.6 is 23.2 Å². The number of nitrogens with one attached hydrogen (secondary N) is 4. The Labute approximate surface area is 311 Å². The number of halogens is 2. The van der Waals surface area contributed by atoms with Crippen LogP contribution in [0.3, 0.4) is 0 Å². The van der Waals surface area contributed by atoms with E-state index in [0.717, 1.165) is 51.8 Å². The van der Waals surface area contributed by atoms with Crippen molar-refractivity contribution in [1.82, 2.24) is 35.6 Å². The Hall–Kier alpha value is -4.81. The first-order chi connectivity index (χ1) is 25.2. The molecule has 0 saturated carbocycles. The van der Waals surface area contributed by atoms with Crippen LogP contribution in [-0.2, 0) is 22.7 Å². The number of aromatic nitrogens is 3. The maximum Gasteiger partial charge on any atom is 0.258 e. The SMILES string of the molecule is COc1nc(-c2cccc(-c3cccc(-c4cc(C)c5nc(CNC[C@H]6CCC(=O)N6)cc(=O)n5c4)c3Cl)c2Cl)ccc1CNC[C@H]1CCC(=O)N1. The van der Waals surface area contributed by atoms with E-state index in [9.17, 15) is 14.4 Å². The van der Waals surface area contributed by atoms with Crippen LogP contribution in [0.2, 0.25) is 10.0 Å². The van der Waals surface area contributed by atoms with Crippen LogP contribution in [0, 0.1) is 6.92 Å². The number of ether oxygens (including phenoxy) is 1. The predicted molar refractivity (Wildman–Crippen MR) is 203 cm³/mol. The molecule has 2 aromatic carbocycles. The van der Waals surface area contributed by atoms with Gasteiger partial charge in [0.25, 0.3) is 5.56 Å². The third-order valence-corrected chi connectivity index (χ3v) is 10.4. The second-order valence-corrected chi connectivity index (χ2v) is 14.0. The fourth-order valence-electron chi connectivity index (χ4n) is 6.90. The van der Waals surface area contributed by atoms with Crippen LogP contribution in [0.25, 0.3) is 39.2 Å². The van der Waals surface area contributed by atoms with Gasteiger partial charge in [0.15, 0.2) is 0 Å². The Morgan fingerprint density at radius 2 is 1.42 bits per heavy atom. The summed E-state index contributed by atoms with van der Waals surface area (Å²) in [7, 11) is 1.59. The number of hydrogen-bond donors (Lipinski definition) is 4. The van der Waals surface area contributed by atoms with E-state index in [1.54, 1.807) is 17.7 Å². The molecule has 2 aliphatic heterocycles. The van der Waals surface area contributed by atoms with Crippen molar-refractivity contribution in [1.29, 1.82) is 0 Å². The van der Waals surface area contributed by atoms with Gasteiger partial charge in [-0.3, -0.25) is 18.8 Å². The molecule has 2 amide bonds. The molecule has 0 aliphatic carbocycles. The third-order valence-electron chi connectivity index (χ3n) is 9.58. The number of methoxy groups -OCH3 is 1. The van der Waals surface area contributed by atoms with E-state index < -0.39 is 0 Å². The zero-order valence-electron chi connectivity index (χ0n) is 28.9. The smallest absolute Gasteiger partial charge is 0.258 e. The van der Waals surface area contributed by atoms with Crippen molar-refractivity contribution in [2.45, 2.75) is 57.8 Å². The third kappa shape index (κ3) is 7.54. The van der Waals surface area contributed by atoms with Gasteiger partial charge in [0.05, 0.1) is 28.5 Å². The Morgan fingerprint density at radius 1 is 0.808 bits per heavy atom. The van der Waals surface area contributed by atoms with E-state index in [-0.39, 0.29) is 29.5 Å². The zero-order valence-corrected chi connectivity index (χ0v) is 30.4. The lowest BCUT2D eigenvalue weighted by atomic mass is 9.97. The molecule has 0 unspecified atom stereocenters. The molecule has 0 bridgehead atoms. The highest BCUT2D eigenvalue weighted by Crippen LogP contribution is 2.42. The monoisotopic (exact) mass is 739 g/mol. The van der Waals surface area contributed by atoms with Gasteiger partial charge in [0, 0.05) is 96.7 Å². The largest absolute Gasteiger partial charge is 0.481 e. The molecule has 5 aromatic rings. The molecule has 3 aromatic heterocycles. The standard InChI is InChI=1S/C39H39Cl2N7O4/c1-22-15-24(21-48-35(51)16-27(46-38(22)48)20-43-19-26-11-14-34(50)45-26)28-5-3-6-29(36(28)40)30-7-4-8-31(37(30)41)32-12-9-23(39(47-32)52-2)17-42-18-25-10-13-33(49)44-25/h3-9,12,15-16,21,25-26,42-43H,10-11,13-14,17-20H2,1-2H3,(H,44,49)(H,45,50)/t25-,26-/m1/s1. The molecule has 0 radical (unpaired) electrons. The number of aryl methyl sites for hydroxylation is 1. The average molecular weight is 741 g/mol. The van der Waals surface area contributed by atoms with Gasteiger partial charge >= 0.3 is 0 Å². The lowest BCUT2D eigenvalue weighted by Crippen LogP contribution is -2.35. The highest BCUT2D eigenvalue weighted by Gasteiger charge is 2.22. The van der Waals surface area contributed by atoms with Crippen LogP contribution in [-0.4, -0.2) is 58.5 Å². The molecule has 13 heteroatoms. The number of benzene rings is 2. The maximum atomic E-state index is 13.3. The van der Waals surface area contributed by atoms with E-state index in [2.05, 4.69) is 21.3 Å². The Bertz CT molecular complexity index is 2240. The van der Waals surface area contributed by atoms with Gasteiger partial charge in [-0.2, -0.15) is 0 Å². The number of hydrogen-bond acceptors (Lipinski definition) is 8. The van der Waals surface area contributed by atoms with Crippen LogP contribution in [0.4, 0.5) is 0 Å². The van der Waals surface area contributed by atoms with Gasteiger partial charge in [0.1, 0.15) is 5.65 Å². The summed E-state index contributed by atoms with van der Waals surface area (Å²) in [6, 6.07) is 19.1. The summed E-state index contributed by atoms with van der Waals surface area (Å²) in [5.41, 5.74) is 7.08. The Morgan fingerprint density at radius 3 is 2.06 bits per heavy atom. The molecular weight excluding hydrogens is 701 g/mol. The average Bonchev–Trinajstić information content (AvgIpc) is 3.75. The molecule has 52 heavy (non-hydrogen) atoms. The lowest BCUT2D eigenvalue weighted by Gasteiger charge is -2.16. The molecule has 4 N–H and O–H groups in total. The molecule has 2 saturated heterocycles. The minimum absolute atomic E-state index is 0.0702. The number of rotatable bonds is 12. The highest BCUT2D eigenvalue weighted by atomic mass is 35.5. The first-order valence-electron chi connectivity index (χ1n) is 17.3. The van der Waals surface area contributed by atoms with E-state index in [0.29, 0.717) is 72.0 Å². The fourth-order valence-corrected chi connectivity index (χ4v) is 7.56. The van der Waals surface area contributed by atoms with Crippen molar-refractivity contribution in [3.8, 4) is 39.4 Å². The summed E-state index contributed by atoms with van der Waals surface area (Å²) < 4.78 is 7.20. The summed E-state index contributed by atoms with van der Waals surface area (Å²) >= 11 is 14.3. The van der Waals surface area contributed by atoms with Crippen LogP contribution in [0.5, 0.6) is 5.88 Å². The summed E-state index contributed by atoms with van der Waals surface area (Å²) in [5.74, 6) is 0.648. The van der Waals surface area contributed by atoms with Gasteiger partial charge in [-0.15, -0.1) is 0 Å². The van der Waals surface area contributed by atoms with Gasteiger partial charge < -0.3 is 26.0 Å². The Balaban J connectivity index is 1.13. The van der Waals surface area contributed by atoms with Crippen LogP contribution in [0.15, 0.2) is 71.7 Å². The van der Waals surface area contributed by atoms with Crippen molar-refractivity contribution in [3.05, 3.63) is 104 Å². The topological polar surface area (TPSA) is 139 Å². The van der Waals surface area contributed by atoms with Crippen LogP contribution < -0.4 is 31.6 Å². The Kier molecular flexibility index (Phi) is 10.6. The highest BCUT2D eigenvalue weighted by molar-refractivity contribution is 6.39. The minimum Gasteiger partial charge on any atom is -0.481 e. The van der Waals surface area contributed by atoms with Crippen molar-refractivity contribution in [2.75, 3.05) is 20.2 Å². The predicted octanol–water partition coefficient (Wildman–Crippen LogP) is 5.45. The second-order valence-electron chi connectivity index (χ2n) is 13.3. The van der Waals surface area contributed by atoms with E-state index in [1.165, 1.54) is 6.07 Å². The molecular formula is C39H39Cl2N7O4. The summed E-state index contributed by atoms with van der Waals surface area (Å²) in [4.78, 5) is 45.9. The molecule has 2 aliphatic rings. The van der Waals surface area contributed by atoms with Crippen molar-refractivity contribution in [2.24, 2.45) is 0 Å². The quantitative estimate of drug-likeness (QED) is 0.133. The molecule has 2 fully saturated rings. The summed E-state index contributed by atoms with van der Waals surface area (Å²) in [5, 5.41) is 13.6. The van der Waals surface area contributed by atoms with Gasteiger partial charge in [-0.05, 0) is 37.5 Å². The second kappa shape index (κ2) is 15.4. The number of nitrogens with zero attached hydrogens (tertiary/aromatic N) is 3. The molecule has 5 heterocycles. The summed E-state index contributed by atoms with van der Waals surface area (Å²) in [6.07, 6.45) is 4.50. The van der Waals surface area contributed by atoms with E-state index in [4.69, 9.17) is 37.9 Å². The molecule has 2 atom stereocenters. The van der Waals surface area contributed by atoms with Gasteiger partial charge in [0.2, 0.25) is 17.7 Å². The number of amides is 2. The number of pyridine rings is 2. The first-order valence-corrected chi connectivity index (χ1v) is 18.1. The maximum absolute atomic E-state index is 13.3. The molecule has 0 spiro atoms. The molecule has 11 nitrogen and oxygen atoms in total. The van der Waals surface area contributed by atoms with Crippen LogP contribution in [0.1, 0.15) is 42.5 Å². The number of fused-ring (bicyclic) bond motifs is 1. The minimum atomic E-state index is -0.198. The van der Waals surface area contributed by atoms with Crippen molar-refractivity contribution >= 4 is 40.7 Å². The van der Waals surface area contributed by atoms with E-state index in [1.807, 2.05) is 61.5 Å².